The third kappa shape index (κ3) is 4.91. The van der Waals surface area contributed by atoms with Crippen LogP contribution in [0.4, 0.5) is 16.2 Å². The maximum atomic E-state index is 12.1. The Kier molecular flexibility index (Phi) is 6.01. The van der Waals surface area contributed by atoms with Crippen molar-refractivity contribution in [2.45, 2.75) is 32.1 Å². The number of nitrogens with one attached hydrogen (secondary N) is 3. The van der Waals surface area contributed by atoms with Crippen molar-refractivity contribution in [3.63, 3.8) is 0 Å². The maximum Gasteiger partial charge on any atom is 0.319 e. The van der Waals surface area contributed by atoms with Gasteiger partial charge in [0.2, 0.25) is 5.91 Å². The van der Waals surface area contributed by atoms with E-state index in [0.29, 0.717) is 12.2 Å². The zero-order valence-corrected chi connectivity index (χ0v) is 12.7. The molecule has 0 atom stereocenters. The van der Waals surface area contributed by atoms with Crippen molar-refractivity contribution in [1.29, 1.82) is 0 Å². The Hall–Kier alpha value is -2.30. The Labute approximate surface area is 131 Å². The standard InChI is InChI=1S/C17H23N3O2/c1-2-12-18-17(22)20-15-10-8-14(9-11-15)19-16(21)13-6-4-3-5-7-13/h2,8-11,13H,1,3-7,12H2,(H,19,21)(H2,18,20,22). The predicted octanol–water partition coefficient (Wildman–Crippen LogP) is 3.51. The van der Waals surface area contributed by atoms with Gasteiger partial charge < -0.3 is 16.0 Å². The van der Waals surface area contributed by atoms with Crippen LogP contribution >= 0.6 is 0 Å². The molecule has 2 rings (SSSR count). The summed E-state index contributed by atoms with van der Waals surface area (Å²) in [5.74, 6) is 0.236. The smallest absolute Gasteiger partial charge is 0.319 e. The molecule has 3 amide bonds. The first-order valence-electron chi connectivity index (χ1n) is 7.75. The summed E-state index contributed by atoms with van der Waals surface area (Å²) in [6.07, 6.45) is 7.09. The number of anilines is 2. The molecule has 3 N–H and O–H groups in total. The van der Waals surface area contributed by atoms with Gasteiger partial charge >= 0.3 is 6.03 Å². The van der Waals surface area contributed by atoms with Crippen molar-refractivity contribution in [3.05, 3.63) is 36.9 Å². The van der Waals surface area contributed by atoms with E-state index in [1.165, 1.54) is 6.42 Å². The molecule has 0 spiro atoms. The van der Waals surface area contributed by atoms with Gasteiger partial charge in [0.25, 0.3) is 0 Å². The molecule has 1 aliphatic rings. The molecule has 1 aromatic carbocycles. The zero-order chi connectivity index (χ0) is 15.8. The maximum absolute atomic E-state index is 12.1. The molecule has 118 valence electrons. The molecule has 22 heavy (non-hydrogen) atoms. The van der Waals surface area contributed by atoms with E-state index >= 15 is 0 Å². The van der Waals surface area contributed by atoms with E-state index in [9.17, 15) is 9.59 Å². The van der Waals surface area contributed by atoms with Crippen LogP contribution in [0, 0.1) is 5.92 Å². The Balaban J connectivity index is 1.84. The second-order valence-corrected chi connectivity index (χ2v) is 5.53. The van der Waals surface area contributed by atoms with Gasteiger partial charge in [0, 0.05) is 23.8 Å². The summed E-state index contributed by atoms with van der Waals surface area (Å²) in [5.41, 5.74) is 1.44. The first-order valence-corrected chi connectivity index (χ1v) is 7.75. The van der Waals surface area contributed by atoms with Gasteiger partial charge in [-0.05, 0) is 37.1 Å². The minimum Gasteiger partial charge on any atom is -0.334 e. The zero-order valence-electron chi connectivity index (χ0n) is 12.7. The summed E-state index contributed by atoms with van der Waals surface area (Å²) in [6, 6.07) is 6.85. The van der Waals surface area contributed by atoms with E-state index in [1.807, 2.05) is 0 Å². The molecule has 0 bridgehead atoms. The van der Waals surface area contributed by atoms with Gasteiger partial charge in [-0.15, -0.1) is 6.58 Å². The minimum atomic E-state index is -0.279. The van der Waals surface area contributed by atoms with E-state index in [0.717, 1.165) is 31.4 Å². The second-order valence-electron chi connectivity index (χ2n) is 5.53. The highest BCUT2D eigenvalue weighted by molar-refractivity contribution is 5.93. The summed E-state index contributed by atoms with van der Waals surface area (Å²) < 4.78 is 0. The van der Waals surface area contributed by atoms with Crippen LogP contribution in [0.5, 0.6) is 0 Å². The Morgan fingerprint density at radius 3 is 2.23 bits per heavy atom. The molecule has 1 aliphatic carbocycles. The quantitative estimate of drug-likeness (QED) is 0.728. The Bertz CT molecular complexity index is 519. The first kappa shape index (κ1) is 16.1. The van der Waals surface area contributed by atoms with E-state index in [1.54, 1.807) is 30.3 Å². The number of rotatable bonds is 5. The van der Waals surface area contributed by atoms with Gasteiger partial charge in [-0.25, -0.2) is 4.79 Å². The molecule has 5 heteroatoms. The fourth-order valence-corrected chi connectivity index (χ4v) is 2.59. The normalized spacial score (nSPS) is 14.9. The number of urea groups is 1. The topological polar surface area (TPSA) is 70.2 Å². The molecule has 1 aromatic rings. The van der Waals surface area contributed by atoms with Crippen LogP contribution < -0.4 is 16.0 Å². The van der Waals surface area contributed by atoms with Crippen LogP contribution in [0.15, 0.2) is 36.9 Å². The average molecular weight is 301 g/mol. The summed E-state index contributed by atoms with van der Waals surface area (Å²) in [4.78, 5) is 23.6. The van der Waals surface area contributed by atoms with Crippen molar-refractivity contribution in [2.75, 3.05) is 17.2 Å². The van der Waals surface area contributed by atoms with Crippen LogP contribution in [0.1, 0.15) is 32.1 Å². The lowest BCUT2D eigenvalue weighted by Crippen LogP contribution is -2.28. The fourth-order valence-electron chi connectivity index (χ4n) is 2.59. The molecule has 0 radical (unpaired) electrons. The van der Waals surface area contributed by atoms with E-state index in [4.69, 9.17) is 0 Å². The highest BCUT2D eigenvalue weighted by Gasteiger charge is 2.20. The molecule has 0 heterocycles. The lowest BCUT2D eigenvalue weighted by molar-refractivity contribution is -0.120. The third-order valence-corrected chi connectivity index (χ3v) is 3.79. The summed E-state index contributed by atoms with van der Waals surface area (Å²) in [6.45, 7) is 3.95. The highest BCUT2D eigenvalue weighted by Crippen LogP contribution is 2.25. The first-order chi connectivity index (χ1) is 10.7. The lowest BCUT2D eigenvalue weighted by atomic mass is 9.88. The van der Waals surface area contributed by atoms with Gasteiger partial charge in [-0.3, -0.25) is 4.79 Å². The molecule has 5 nitrogen and oxygen atoms in total. The van der Waals surface area contributed by atoms with Crippen molar-refractivity contribution in [1.82, 2.24) is 5.32 Å². The molecule has 0 aliphatic heterocycles. The molecular weight excluding hydrogens is 278 g/mol. The fraction of sp³-hybridized carbons (Fsp3) is 0.412. The summed E-state index contributed by atoms with van der Waals surface area (Å²) >= 11 is 0. The van der Waals surface area contributed by atoms with Crippen molar-refractivity contribution in [3.8, 4) is 0 Å². The Morgan fingerprint density at radius 1 is 1.05 bits per heavy atom. The van der Waals surface area contributed by atoms with Crippen molar-refractivity contribution < 1.29 is 9.59 Å². The minimum absolute atomic E-state index is 0.101. The second kappa shape index (κ2) is 8.22. The number of hydrogen-bond acceptors (Lipinski definition) is 2. The van der Waals surface area contributed by atoms with Crippen LogP contribution in [0.2, 0.25) is 0 Å². The predicted molar refractivity (Wildman–Crippen MR) is 88.9 cm³/mol. The van der Waals surface area contributed by atoms with Gasteiger partial charge in [0.1, 0.15) is 0 Å². The highest BCUT2D eigenvalue weighted by atomic mass is 16.2. The molecule has 0 aromatic heterocycles. The van der Waals surface area contributed by atoms with Gasteiger partial charge in [-0.1, -0.05) is 25.3 Å². The SMILES string of the molecule is C=CCNC(=O)Nc1ccc(NC(=O)C2CCCCC2)cc1. The summed E-state index contributed by atoms with van der Waals surface area (Å²) in [5, 5.41) is 8.29. The molecule has 1 saturated carbocycles. The van der Waals surface area contributed by atoms with Crippen molar-refractivity contribution in [2.24, 2.45) is 5.92 Å². The van der Waals surface area contributed by atoms with E-state index < -0.39 is 0 Å². The molecular formula is C17H23N3O2. The van der Waals surface area contributed by atoms with Gasteiger partial charge in [-0.2, -0.15) is 0 Å². The molecule has 1 fully saturated rings. The van der Waals surface area contributed by atoms with Crippen LogP contribution in [-0.2, 0) is 4.79 Å². The lowest BCUT2D eigenvalue weighted by Gasteiger charge is -2.20. The largest absolute Gasteiger partial charge is 0.334 e. The number of benzene rings is 1. The van der Waals surface area contributed by atoms with Gasteiger partial charge in [0.15, 0.2) is 0 Å². The van der Waals surface area contributed by atoms with Crippen LogP contribution in [-0.4, -0.2) is 18.5 Å². The van der Waals surface area contributed by atoms with Gasteiger partial charge in [0.05, 0.1) is 0 Å². The summed E-state index contributed by atoms with van der Waals surface area (Å²) in [7, 11) is 0. The van der Waals surface area contributed by atoms with Crippen LogP contribution in [0.3, 0.4) is 0 Å². The molecule has 0 saturated heterocycles. The molecule has 0 unspecified atom stereocenters. The van der Waals surface area contributed by atoms with E-state index in [-0.39, 0.29) is 17.9 Å². The number of carbonyl (C=O) groups is 2. The number of carbonyl (C=O) groups excluding carboxylic acids is 2. The Morgan fingerprint density at radius 2 is 1.64 bits per heavy atom. The average Bonchev–Trinajstić information content (AvgIpc) is 2.55. The van der Waals surface area contributed by atoms with Crippen molar-refractivity contribution >= 4 is 23.3 Å². The third-order valence-electron chi connectivity index (χ3n) is 3.79. The van der Waals surface area contributed by atoms with E-state index in [2.05, 4.69) is 22.5 Å². The monoisotopic (exact) mass is 301 g/mol. The van der Waals surface area contributed by atoms with Crippen LogP contribution in [0.25, 0.3) is 0 Å². The number of hydrogen-bond donors (Lipinski definition) is 3. The number of amides is 3.